The van der Waals surface area contributed by atoms with Gasteiger partial charge in [0.25, 0.3) is 0 Å². The molecule has 5 nitrogen and oxygen atoms in total. The van der Waals surface area contributed by atoms with Gasteiger partial charge in [-0.1, -0.05) is 29.3 Å². The Kier molecular flexibility index (Phi) is 9.03. The summed E-state index contributed by atoms with van der Waals surface area (Å²) < 4.78 is 16.3. The molecular weight excluding hydrogens is 435 g/mol. The number of ether oxygens (including phenoxy) is 3. The summed E-state index contributed by atoms with van der Waals surface area (Å²) in [5, 5.41) is 1.43. The quantitative estimate of drug-likeness (QED) is 0.628. The average molecular weight is 462 g/mol. The minimum absolute atomic E-state index is 0. The number of benzene rings is 2. The molecular formula is C21H27Cl3N2O3. The molecule has 0 aliphatic carbocycles. The van der Waals surface area contributed by atoms with Crippen LogP contribution in [-0.2, 0) is 6.42 Å². The molecule has 0 atom stereocenters. The van der Waals surface area contributed by atoms with Gasteiger partial charge < -0.3 is 36.4 Å². The molecule has 0 unspecified atom stereocenters. The maximum atomic E-state index is 6.36. The largest absolute Gasteiger partial charge is 1.00 e. The molecule has 160 valence electrons. The first-order valence-electron chi connectivity index (χ1n) is 9.38. The smallest absolute Gasteiger partial charge is 0.203 e. The van der Waals surface area contributed by atoms with E-state index in [9.17, 15) is 0 Å². The van der Waals surface area contributed by atoms with Gasteiger partial charge >= 0.3 is 0 Å². The van der Waals surface area contributed by atoms with Crippen molar-refractivity contribution in [2.45, 2.75) is 6.42 Å². The Labute approximate surface area is 188 Å². The highest BCUT2D eigenvalue weighted by Gasteiger charge is 2.23. The van der Waals surface area contributed by atoms with E-state index in [1.165, 1.54) is 5.56 Å². The molecule has 1 fully saturated rings. The first kappa shape index (κ1) is 23.7. The number of hydrogen-bond acceptors (Lipinski definition) is 4. The lowest BCUT2D eigenvalue weighted by Gasteiger charge is -2.34. The van der Waals surface area contributed by atoms with Crippen molar-refractivity contribution >= 4 is 28.9 Å². The molecule has 1 heterocycles. The fourth-order valence-electron chi connectivity index (χ4n) is 3.69. The molecule has 0 bridgehead atoms. The Morgan fingerprint density at radius 2 is 1.48 bits per heavy atom. The van der Waals surface area contributed by atoms with Crippen LogP contribution in [-0.4, -0.2) is 54.1 Å². The molecule has 0 amide bonds. The average Bonchev–Trinajstić information content (AvgIpc) is 2.72. The van der Waals surface area contributed by atoms with Crippen LogP contribution in [0.5, 0.6) is 17.2 Å². The number of quaternary nitrogens is 1. The van der Waals surface area contributed by atoms with Gasteiger partial charge in [-0.25, -0.2) is 0 Å². The molecule has 0 saturated carbocycles. The van der Waals surface area contributed by atoms with Crippen molar-refractivity contribution in [2.24, 2.45) is 0 Å². The number of hydrogen-bond donors (Lipinski definition) is 1. The molecule has 1 aliphatic heterocycles. The predicted molar refractivity (Wildman–Crippen MR) is 114 cm³/mol. The van der Waals surface area contributed by atoms with Crippen molar-refractivity contribution < 1.29 is 31.5 Å². The summed E-state index contributed by atoms with van der Waals surface area (Å²) in [6.07, 6.45) is 0.943. The predicted octanol–water partition coefficient (Wildman–Crippen LogP) is -0.0292. The van der Waals surface area contributed by atoms with Crippen molar-refractivity contribution in [3.8, 4) is 17.2 Å². The summed E-state index contributed by atoms with van der Waals surface area (Å²) in [6, 6.07) is 9.73. The van der Waals surface area contributed by atoms with E-state index in [-0.39, 0.29) is 12.4 Å². The Morgan fingerprint density at radius 3 is 1.97 bits per heavy atom. The van der Waals surface area contributed by atoms with Gasteiger partial charge in [0.15, 0.2) is 11.5 Å². The summed E-state index contributed by atoms with van der Waals surface area (Å²) >= 11 is 12.7. The van der Waals surface area contributed by atoms with Crippen molar-refractivity contribution in [1.29, 1.82) is 0 Å². The maximum absolute atomic E-state index is 6.36. The standard InChI is InChI=1S/C21H26Cl2N2O3.ClH/c1-26-18-13-15(14-19(27-2)21(18)28-3)7-8-24-9-11-25(12-10-24)20-16(22)5-4-6-17(20)23;/h4-6,13-14H,7-12H2,1-3H3;1H. The highest BCUT2D eigenvalue weighted by Crippen LogP contribution is 2.38. The van der Waals surface area contributed by atoms with Crippen molar-refractivity contribution in [1.82, 2.24) is 0 Å². The number of rotatable bonds is 7. The third-order valence-electron chi connectivity index (χ3n) is 5.22. The van der Waals surface area contributed by atoms with Crippen molar-refractivity contribution in [3.63, 3.8) is 0 Å². The SMILES string of the molecule is COc1cc(CC[NH+]2CCN(c3c(Cl)cccc3Cl)CC2)cc(OC)c1OC.[Cl-]. The molecule has 0 radical (unpaired) electrons. The molecule has 3 rings (SSSR count). The minimum Gasteiger partial charge on any atom is -1.00 e. The number of piperazine rings is 1. The first-order chi connectivity index (χ1) is 13.6. The molecule has 2 aromatic carbocycles. The third-order valence-corrected chi connectivity index (χ3v) is 5.83. The number of anilines is 1. The van der Waals surface area contributed by atoms with Crippen LogP contribution in [0.4, 0.5) is 5.69 Å². The summed E-state index contributed by atoms with van der Waals surface area (Å²) in [7, 11) is 4.91. The molecule has 29 heavy (non-hydrogen) atoms. The Bertz CT molecular complexity index is 766. The number of methoxy groups -OCH3 is 3. The monoisotopic (exact) mass is 460 g/mol. The minimum atomic E-state index is 0. The normalized spacial score (nSPS) is 14.3. The van der Waals surface area contributed by atoms with Crippen molar-refractivity contribution in [2.75, 3.05) is 59.0 Å². The zero-order valence-electron chi connectivity index (χ0n) is 16.9. The summed E-state index contributed by atoms with van der Waals surface area (Å²) in [5.41, 5.74) is 2.13. The van der Waals surface area contributed by atoms with E-state index in [1.807, 2.05) is 30.3 Å². The van der Waals surface area contributed by atoms with Gasteiger partial charge in [-0.2, -0.15) is 0 Å². The van der Waals surface area contributed by atoms with Crippen LogP contribution >= 0.6 is 23.2 Å². The molecule has 1 N–H and O–H groups in total. The van der Waals surface area contributed by atoms with Crippen LogP contribution in [0.3, 0.4) is 0 Å². The second-order valence-electron chi connectivity index (χ2n) is 6.84. The van der Waals surface area contributed by atoms with Crippen LogP contribution in [0.2, 0.25) is 10.0 Å². The number of nitrogens with zero attached hydrogens (tertiary/aromatic N) is 1. The fraction of sp³-hybridized carbons (Fsp3) is 0.429. The zero-order chi connectivity index (χ0) is 20.1. The topological polar surface area (TPSA) is 35.4 Å². The second-order valence-corrected chi connectivity index (χ2v) is 7.66. The van der Waals surface area contributed by atoms with E-state index in [1.54, 1.807) is 26.2 Å². The third kappa shape index (κ3) is 5.54. The zero-order valence-corrected chi connectivity index (χ0v) is 19.2. The second kappa shape index (κ2) is 11.0. The van der Waals surface area contributed by atoms with Crippen molar-refractivity contribution in [3.05, 3.63) is 45.9 Å². The molecule has 1 saturated heterocycles. The van der Waals surface area contributed by atoms with Crippen LogP contribution in [0.1, 0.15) is 5.56 Å². The van der Waals surface area contributed by atoms with Gasteiger partial charge in [0.2, 0.25) is 5.75 Å². The molecule has 8 heteroatoms. The Hall–Kier alpha value is -1.53. The van der Waals surface area contributed by atoms with E-state index in [2.05, 4.69) is 4.90 Å². The van der Waals surface area contributed by atoms with Gasteiger partial charge in [0.05, 0.1) is 69.8 Å². The van der Waals surface area contributed by atoms with E-state index in [4.69, 9.17) is 37.4 Å². The highest BCUT2D eigenvalue weighted by atomic mass is 35.5. The highest BCUT2D eigenvalue weighted by molar-refractivity contribution is 6.39. The lowest BCUT2D eigenvalue weighted by Crippen LogP contribution is -3.15. The summed E-state index contributed by atoms with van der Waals surface area (Å²) in [6.45, 7) is 5.02. The molecule has 0 spiro atoms. The Balaban J connectivity index is 0.00000300. The fourth-order valence-corrected chi connectivity index (χ4v) is 4.33. The van der Waals surface area contributed by atoms with E-state index < -0.39 is 0 Å². The van der Waals surface area contributed by atoms with Gasteiger partial charge in [-0.15, -0.1) is 0 Å². The number of para-hydroxylation sites is 1. The first-order valence-corrected chi connectivity index (χ1v) is 10.1. The summed E-state index contributed by atoms with van der Waals surface area (Å²) in [4.78, 5) is 3.85. The van der Waals surface area contributed by atoms with Crippen LogP contribution in [0.15, 0.2) is 30.3 Å². The van der Waals surface area contributed by atoms with E-state index in [0.717, 1.165) is 44.8 Å². The lowest BCUT2D eigenvalue weighted by molar-refractivity contribution is -0.900. The van der Waals surface area contributed by atoms with Gasteiger partial charge in [-0.3, -0.25) is 0 Å². The molecule has 2 aromatic rings. The van der Waals surface area contributed by atoms with Crippen LogP contribution in [0, 0.1) is 0 Å². The van der Waals surface area contributed by atoms with E-state index >= 15 is 0 Å². The van der Waals surface area contributed by atoms with Crippen LogP contribution < -0.4 is 36.4 Å². The summed E-state index contributed by atoms with van der Waals surface area (Å²) in [5.74, 6) is 2.03. The molecule has 0 aromatic heterocycles. The lowest BCUT2D eigenvalue weighted by atomic mass is 10.1. The van der Waals surface area contributed by atoms with Gasteiger partial charge in [0, 0.05) is 6.42 Å². The maximum Gasteiger partial charge on any atom is 0.203 e. The number of nitrogens with one attached hydrogen (secondary N) is 1. The molecule has 1 aliphatic rings. The van der Waals surface area contributed by atoms with Gasteiger partial charge in [0.1, 0.15) is 0 Å². The van der Waals surface area contributed by atoms with E-state index in [0.29, 0.717) is 27.3 Å². The van der Waals surface area contributed by atoms with Crippen LogP contribution in [0.25, 0.3) is 0 Å². The Morgan fingerprint density at radius 1 is 0.931 bits per heavy atom. The van der Waals surface area contributed by atoms with Gasteiger partial charge in [-0.05, 0) is 29.8 Å². The number of halogens is 3.